The molecule has 2 aromatic rings. The van der Waals surface area contributed by atoms with Gasteiger partial charge >= 0.3 is 0 Å². The lowest BCUT2D eigenvalue weighted by molar-refractivity contribution is 0.903. The molecule has 1 aromatic carbocycles. The summed E-state index contributed by atoms with van der Waals surface area (Å²) in [6.45, 7) is 4.04. The molecule has 1 heterocycles. The first-order valence-electron chi connectivity index (χ1n) is 6.21. The zero-order valence-corrected chi connectivity index (χ0v) is 11.8. The SMILES string of the molecule is CCc1c(C)nc(Cc2ccc(Cl)cc2)nc1NN. The van der Waals surface area contributed by atoms with Crippen LogP contribution in [-0.4, -0.2) is 9.97 Å². The van der Waals surface area contributed by atoms with Gasteiger partial charge in [-0.05, 0) is 31.0 Å². The van der Waals surface area contributed by atoms with E-state index in [-0.39, 0.29) is 0 Å². The molecule has 0 unspecified atom stereocenters. The van der Waals surface area contributed by atoms with Crippen molar-refractivity contribution in [3.8, 4) is 0 Å². The third-order valence-corrected chi connectivity index (χ3v) is 3.28. The number of nitrogens with zero attached hydrogens (tertiary/aromatic N) is 2. The predicted octanol–water partition coefficient (Wildman–Crippen LogP) is 2.88. The molecule has 4 nitrogen and oxygen atoms in total. The Morgan fingerprint density at radius 2 is 1.89 bits per heavy atom. The number of nitrogens with one attached hydrogen (secondary N) is 1. The molecule has 0 fully saturated rings. The van der Waals surface area contributed by atoms with E-state index in [2.05, 4.69) is 22.3 Å². The highest BCUT2D eigenvalue weighted by molar-refractivity contribution is 6.30. The monoisotopic (exact) mass is 276 g/mol. The Morgan fingerprint density at radius 3 is 2.47 bits per heavy atom. The van der Waals surface area contributed by atoms with Crippen LogP contribution in [0, 0.1) is 6.92 Å². The molecule has 0 atom stereocenters. The second-order valence-corrected chi connectivity index (χ2v) is 4.79. The van der Waals surface area contributed by atoms with E-state index in [1.807, 2.05) is 31.2 Å². The minimum Gasteiger partial charge on any atom is -0.308 e. The van der Waals surface area contributed by atoms with Crippen molar-refractivity contribution in [2.24, 2.45) is 5.84 Å². The van der Waals surface area contributed by atoms with Gasteiger partial charge in [-0.2, -0.15) is 0 Å². The standard InChI is InChI=1S/C14H17ClN4/c1-3-12-9(2)17-13(18-14(12)19-16)8-10-4-6-11(15)7-5-10/h4-7H,3,8,16H2,1-2H3,(H,17,18,19). The number of anilines is 1. The number of nitrogen functional groups attached to an aromatic ring is 1. The Hall–Kier alpha value is -1.65. The van der Waals surface area contributed by atoms with Crippen LogP contribution < -0.4 is 11.3 Å². The highest BCUT2D eigenvalue weighted by Crippen LogP contribution is 2.18. The fourth-order valence-electron chi connectivity index (χ4n) is 2.06. The summed E-state index contributed by atoms with van der Waals surface area (Å²) >= 11 is 5.87. The molecular weight excluding hydrogens is 260 g/mol. The Bertz CT molecular complexity index is 566. The van der Waals surface area contributed by atoms with E-state index < -0.39 is 0 Å². The number of hydrogen-bond acceptors (Lipinski definition) is 4. The number of hydrazine groups is 1. The summed E-state index contributed by atoms with van der Waals surface area (Å²) in [6.07, 6.45) is 1.52. The van der Waals surface area contributed by atoms with Gasteiger partial charge in [0.25, 0.3) is 0 Å². The van der Waals surface area contributed by atoms with Crippen LogP contribution in [0.2, 0.25) is 5.02 Å². The number of aryl methyl sites for hydroxylation is 1. The lowest BCUT2D eigenvalue weighted by Crippen LogP contribution is -2.14. The highest BCUT2D eigenvalue weighted by atomic mass is 35.5. The number of hydrogen-bond donors (Lipinski definition) is 2. The van der Waals surface area contributed by atoms with E-state index in [1.54, 1.807) is 0 Å². The third kappa shape index (κ3) is 3.22. The number of nitrogens with two attached hydrogens (primary N) is 1. The first kappa shape index (κ1) is 13.8. The van der Waals surface area contributed by atoms with Crippen LogP contribution in [0.4, 0.5) is 5.82 Å². The first-order valence-corrected chi connectivity index (χ1v) is 6.59. The summed E-state index contributed by atoms with van der Waals surface area (Å²) in [5.41, 5.74) is 5.80. The van der Waals surface area contributed by atoms with Gasteiger partial charge < -0.3 is 5.43 Å². The molecule has 0 saturated carbocycles. The van der Waals surface area contributed by atoms with Gasteiger partial charge in [0.05, 0.1) is 0 Å². The Kier molecular flexibility index (Phi) is 4.35. The van der Waals surface area contributed by atoms with Gasteiger partial charge in [0, 0.05) is 22.7 Å². The molecule has 5 heteroatoms. The molecular formula is C14H17ClN4. The van der Waals surface area contributed by atoms with Crippen LogP contribution in [0.15, 0.2) is 24.3 Å². The molecule has 19 heavy (non-hydrogen) atoms. The van der Waals surface area contributed by atoms with Crippen LogP contribution in [0.3, 0.4) is 0 Å². The predicted molar refractivity (Wildman–Crippen MR) is 78.2 cm³/mol. The summed E-state index contributed by atoms with van der Waals surface area (Å²) in [6, 6.07) is 7.69. The van der Waals surface area contributed by atoms with Crippen LogP contribution in [0.5, 0.6) is 0 Å². The summed E-state index contributed by atoms with van der Waals surface area (Å²) in [5, 5.41) is 0.728. The quantitative estimate of drug-likeness (QED) is 0.666. The first-order chi connectivity index (χ1) is 9.13. The lowest BCUT2D eigenvalue weighted by atomic mass is 10.1. The average Bonchev–Trinajstić information content (AvgIpc) is 2.40. The number of aromatic nitrogens is 2. The molecule has 0 aliphatic rings. The average molecular weight is 277 g/mol. The molecule has 0 saturated heterocycles. The molecule has 0 bridgehead atoms. The Balaban J connectivity index is 2.30. The maximum atomic E-state index is 5.87. The molecule has 0 aliphatic carbocycles. The van der Waals surface area contributed by atoms with Gasteiger partial charge in [-0.3, -0.25) is 0 Å². The van der Waals surface area contributed by atoms with Gasteiger partial charge in [0.1, 0.15) is 11.6 Å². The molecule has 2 rings (SSSR count). The number of rotatable bonds is 4. The minimum absolute atomic E-state index is 0.663. The van der Waals surface area contributed by atoms with Gasteiger partial charge in [-0.25, -0.2) is 15.8 Å². The number of benzene rings is 1. The van der Waals surface area contributed by atoms with Crippen molar-refractivity contribution in [1.29, 1.82) is 0 Å². The second kappa shape index (κ2) is 5.99. The van der Waals surface area contributed by atoms with Gasteiger partial charge in [0.2, 0.25) is 0 Å². The molecule has 100 valence electrons. The molecule has 0 radical (unpaired) electrons. The maximum absolute atomic E-state index is 5.87. The van der Waals surface area contributed by atoms with Crippen molar-refractivity contribution >= 4 is 17.4 Å². The maximum Gasteiger partial charge on any atom is 0.147 e. The van der Waals surface area contributed by atoms with E-state index >= 15 is 0 Å². The molecule has 0 spiro atoms. The van der Waals surface area contributed by atoms with Crippen LogP contribution in [-0.2, 0) is 12.8 Å². The molecule has 0 aliphatic heterocycles. The summed E-state index contributed by atoms with van der Waals surface area (Å²) in [5.74, 6) is 6.98. The van der Waals surface area contributed by atoms with Crippen LogP contribution in [0.25, 0.3) is 0 Å². The third-order valence-electron chi connectivity index (χ3n) is 3.03. The Labute approximate surface area is 118 Å². The van der Waals surface area contributed by atoms with Crippen molar-refractivity contribution in [2.75, 3.05) is 5.43 Å². The zero-order chi connectivity index (χ0) is 13.8. The van der Waals surface area contributed by atoms with Crippen molar-refractivity contribution in [3.05, 3.63) is 51.9 Å². The van der Waals surface area contributed by atoms with E-state index in [0.717, 1.165) is 34.1 Å². The van der Waals surface area contributed by atoms with Crippen LogP contribution >= 0.6 is 11.6 Å². The summed E-state index contributed by atoms with van der Waals surface area (Å²) in [4.78, 5) is 8.99. The van der Waals surface area contributed by atoms with E-state index in [0.29, 0.717) is 12.2 Å². The van der Waals surface area contributed by atoms with Crippen molar-refractivity contribution < 1.29 is 0 Å². The zero-order valence-electron chi connectivity index (χ0n) is 11.1. The van der Waals surface area contributed by atoms with Gasteiger partial charge in [-0.15, -0.1) is 0 Å². The van der Waals surface area contributed by atoms with Gasteiger partial charge in [0.15, 0.2) is 0 Å². The second-order valence-electron chi connectivity index (χ2n) is 4.35. The lowest BCUT2D eigenvalue weighted by Gasteiger charge is -2.11. The largest absolute Gasteiger partial charge is 0.308 e. The van der Waals surface area contributed by atoms with E-state index in [4.69, 9.17) is 17.4 Å². The van der Waals surface area contributed by atoms with Crippen molar-refractivity contribution in [1.82, 2.24) is 9.97 Å². The smallest absolute Gasteiger partial charge is 0.147 e. The van der Waals surface area contributed by atoms with Crippen LogP contribution in [0.1, 0.15) is 29.6 Å². The van der Waals surface area contributed by atoms with Gasteiger partial charge in [-0.1, -0.05) is 30.7 Å². The Morgan fingerprint density at radius 1 is 1.21 bits per heavy atom. The van der Waals surface area contributed by atoms with Crippen molar-refractivity contribution in [3.63, 3.8) is 0 Å². The number of halogens is 1. The summed E-state index contributed by atoms with van der Waals surface area (Å²) < 4.78 is 0. The van der Waals surface area contributed by atoms with E-state index in [9.17, 15) is 0 Å². The normalized spacial score (nSPS) is 10.5. The molecule has 1 aromatic heterocycles. The molecule has 0 amide bonds. The summed E-state index contributed by atoms with van der Waals surface area (Å²) in [7, 11) is 0. The minimum atomic E-state index is 0.663. The van der Waals surface area contributed by atoms with Crippen molar-refractivity contribution in [2.45, 2.75) is 26.7 Å². The fraction of sp³-hybridized carbons (Fsp3) is 0.286. The fourth-order valence-corrected chi connectivity index (χ4v) is 2.19. The topological polar surface area (TPSA) is 63.8 Å². The molecule has 3 N–H and O–H groups in total. The highest BCUT2D eigenvalue weighted by Gasteiger charge is 2.09. The van der Waals surface area contributed by atoms with E-state index in [1.165, 1.54) is 0 Å².